The number of nitrogens with zero attached hydrogens (tertiary/aromatic N) is 2. The fraction of sp³-hybridized carbons (Fsp3) is 0.261. The van der Waals surface area contributed by atoms with Crippen molar-refractivity contribution in [1.29, 1.82) is 0 Å². The van der Waals surface area contributed by atoms with Gasteiger partial charge in [0.1, 0.15) is 5.57 Å². The second-order valence-electron chi connectivity index (χ2n) is 7.47. The molecule has 7 heteroatoms. The second kappa shape index (κ2) is 8.57. The second-order valence-corrected chi connectivity index (χ2v) is 10.6. The van der Waals surface area contributed by atoms with Crippen molar-refractivity contribution < 1.29 is 9.59 Å². The Hall–Kier alpha value is -2.09. The first-order chi connectivity index (χ1) is 14.4. The van der Waals surface area contributed by atoms with E-state index in [4.69, 9.17) is 12.2 Å². The minimum absolute atomic E-state index is 0.185. The standard InChI is InChI=1S/C23H22N2O2S3/c1-14-6-4-8-17(12-14)24-20(26)19(22-29-11-10-16(3)30-22)21(27)25(23(24)28)18-9-5-7-15(2)13-18/h4-9,12-13,16H,10-11H2,1-3H3/t16-/m0/s1. The molecule has 0 spiro atoms. The Labute approximate surface area is 190 Å². The van der Waals surface area contributed by atoms with E-state index in [1.165, 1.54) is 9.80 Å². The van der Waals surface area contributed by atoms with Crippen molar-refractivity contribution in [3.05, 3.63) is 69.5 Å². The third-order valence-electron chi connectivity index (χ3n) is 5.01. The summed E-state index contributed by atoms with van der Waals surface area (Å²) in [6.07, 6.45) is 1.05. The van der Waals surface area contributed by atoms with Gasteiger partial charge >= 0.3 is 0 Å². The number of anilines is 2. The molecule has 2 amide bonds. The predicted molar refractivity (Wildman–Crippen MR) is 131 cm³/mol. The molecule has 2 aromatic rings. The van der Waals surface area contributed by atoms with E-state index in [1.54, 1.807) is 23.5 Å². The molecule has 4 rings (SSSR count). The SMILES string of the molecule is Cc1cccc(N2C(=O)C(=C3SCC[C@H](C)S3)C(=O)N(c3cccc(C)c3)C2=S)c1. The average Bonchev–Trinajstić information content (AvgIpc) is 2.68. The molecule has 4 nitrogen and oxygen atoms in total. The Kier molecular flexibility index (Phi) is 6.04. The Morgan fingerprint density at radius 1 is 0.933 bits per heavy atom. The molecule has 0 radical (unpaired) electrons. The summed E-state index contributed by atoms with van der Waals surface area (Å²) in [4.78, 5) is 30.2. The zero-order valence-electron chi connectivity index (χ0n) is 17.0. The molecule has 0 aliphatic carbocycles. The summed E-state index contributed by atoms with van der Waals surface area (Å²) < 4.78 is 0.793. The van der Waals surface area contributed by atoms with Crippen LogP contribution in [0.25, 0.3) is 0 Å². The molecule has 2 saturated heterocycles. The molecular weight excluding hydrogens is 432 g/mol. The van der Waals surface area contributed by atoms with Gasteiger partial charge in [0, 0.05) is 5.25 Å². The molecule has 2 heterocycles. The normalized spacial score (nSPS) is 20.2. The zero-order valence-corrected chi connectivity index (χ0v) is 19.5. The molecule has 1 atom stereocenters. The maximum Gasteiger partial charge on any atom is 0.271 e. The first-order valence-electron chi connectivity index (χ1n) is 9.76. The molecular formula is C23H22N2O2S3. The van der Waals surface area contributed by atoms with E-state index in [2.05, 4.69) is 6.92 Å². The molecule has 0 bridgehead atoms. The Balaban J connectivity index is 1.89. The van der Waals surface area contributed by atoms with Crippen LogP contribution in [0, 0.1) is 13.8 Å². The summed E-state index contributed by atoms with van der Waals surface area (Å²) in [5.74, 6) is 0.208. The number of rotatable bonds is 2. The number of thioether (sulfide) groups is 2. The minimum atomic E-state index is -0.344. The van der Waals surface area contributed by atoms with Gasteiger partial charge in [0.25, 0.3) is 11.8 Å². The van der Waals surface area contributed by atoms with E-state index in [-0.39, 0.29) is 22.5 Å². The Morgan fingerprint density at radius 2 is 1.47 bits per heavy atom. The molecule has 30 heavy (non-hydrogen) atoms. The number of hydrogen-bond donors (Lipinski definition) is 0. The van der Waals surface area contributed by atoms with Crippen LogP contribution in [0.4, 0.5) is 11.4 Å². The third kappa shape index (κ3) is 3.94. The van der Waals surface area contributed by atoms with Crippen LogP contribution in [0.3, 0.4) is 0 Å². The average molecular weight is 455 g/mol. The van der Waals surface area contributed by atoms with Crippen LogP contribution in [-0.2, 0) is 9.59 Å². The third-order valence-corrected chi connectivity index (χ3v) is 7.98. The summed E-state index contributed by atoms with van der Waals surface area (Å²) in [6.45, 7) is 6.07. The molecule has 2 aliphatic rings. The maximum atomic E-state index is 13.6. The van der Waals surface area contributed by atoms with Gasteiger partial charge in [0.2, 0.25) is 0 Å². The van der Waals surface area contributed by atoms with Crippen LogP contribution >= 0.6 is 35.7 Å². The summed E-state index contributed by atoms with van der Waals surface area (Å²) in [5.41, 5.74) is 3.60. The molecule has 0 unspecified atom stereocenters. The minimum Gasteiger partial charge on any atom is -0.268 e. The molecule has 154 valence electrons. The van der Waals surface area contributed by atoms with Crippen LogP contribution in [0.5, 0.6) is 0 Å². The molecule has 2 aliphatic heterocycles. The number of aryl methyl sites for hydroxylation is 2. The lowest BCUT2D eigenvalue weighted by atomic mass is 10.1. The van der Waals surface area contributed by atoms with Gasteiger partial charge in [-0.25, -0.2) is 0 Å². The predicted octanol–water partition coefficient (Wildman–Crippen LogP) is 5.44. The number of amides is 2. The van der Waals surface area contributed by atoms with E-state index in [0.717, 1.165) is 27.5 Å². The van der Waals surface area contributed by atoms with Gasteiger partial charge in [-0.05, 0) is 73.6 Å². The van der Waals surface area contributed by atoms with Crippen molar-refractivity contribution in [3.8, 4) is 0 Å². The van der Waals surface area contributed by atoms with Crippen molar-refractivity contribution in [2.24, 2.45) is 0 Å². The first-order valence-corrected chi connectivity index (χ1v) is 12.0. The number of carbonyl (C=O) groups excluding carboxylic acids is 2. The van der Waals surface area contributed by atoms with Crippen LogP contribution in [-0.4, -0.2) is 27.9 Å². The van der Waals surface area contributed by atoms with Gasteiger partial charge in [-0.15, -0.1) is 23.5 Å². The van der Waals surface area contributed by atoms with Crippen LogP contribution < -0.4 is 9.80 Å². The number of hydrogen-bond acceptors (Lipinski definition) is 5. The van der Waals surface area contributed by atoms with Gasteiger partial charge in [0.05, 0.1) is 15.6 Å². The number of thiocarbonyl (C=S) groups is 1. The summed E-state index contributed by atoms with van der Waals surface area (Å²) in [5, 5.41) is 0.549. The Morgan fingerprint density at radius 3 is 1.93 bits per heavy atom. The lowest BCUT2D eigenvalue weighted by Crippen LogP contribution is -2.57. The van der Waals surface area contributed by atoms with Gasteiger partial charge in [-0.2, -0.15) is 0 Å². The highest BCUT2D eigenvalue weighted by Gasteiger charge is 2.43. The van der Waals surface area contributed by atoms with Crippen molar-refractivity contribution in [2.45, 2.75) is 32.4 Å². The van der Waals surface area contributed by atoms with Crippen LogP contribution in [0.15, 0.2) is 58.3 Å². The lowest BCUT2D eigenvalue weighted by Gasteiger charge is -2.38. The highest BCUT2D eigenvalue weighted by atomic mass is 32.2. The Bertz CT molecular complexity index is 1010. The first kappa shape index (κ1) is 21.2. The molecule has 0 N–H and O–H groups in total. The van der Waals surface area contributed by atoms with Crippen LogP contribution in [0.1, 0.15) is 24.5 Å². The highest BCUT2D eigenvalue weighted by molar-refractivity contribution is 8.23. The molecule has 0 aromatic heterocycles. The van der Waals surface area contributed by atoms with E-state index in [9.17, 15) is 9.59 Å². The largest absolute Gasteiger partial charge is 0.271 e. The van der Waals surface area contributed by atoms with Gasteiger partial charge in [-0.3, -0.25) is 19.4 Å². The molecule has 0 saturated carbocycles. The monoisotopic (exact) mass is 454 g/mol. The topological polar surface area (TPSA) is 40.6 Å². The molecule has 2 fully saturated rings. The number of carbonyl (C=O) groups is 2. The van der Waals surface area contributed by atoms with Gasteiger partial charge < -0.3 is 0 Å². The fourth-order valence-corrected chi connectivity index (χ4v) is 6.89. The fourth-order valence-electron chi connectivity index (χ4n) is 3.48. The quantitative estimate of drug-likeness (QED) is 0.343. The summed E-state index contributed by atoms with van der Waals surface area (Å²) in [7, 11) is 0. The summed E-state index contributed by atoms with van der Waals surface area (Å²) >= 11 is 8.90. The van der Waals surface area contributed by atoms with Crippen LogP contribution in [0.2, 0.25) is 0 Å². The highest BCUT2D eigenvalue weighted by Crippen LogP contribution is 2.44. The van der Waals surface area contributed by atoms with E-state index >= 15 is 0 Å². The van der Waals surface area contributed by atoms with Crippen molar-refractivity contribution in [1.82, 2.24) is 0 Å². The lowest BCUT2D eigenvalue weighted by molar-refractivity contribution is -0.120. The summed E-state index contributed by atoms with van der Waals surface area (Å²) in [6, 6.07) is 15.3. The van der Waals surface area contributed by atoms with Gasteiger partial charge in [0.15, 0.2) is 5.11 Å². The smallest absolute Gasteiger partial charge is 0.268 e. The zero-order chi connectivity index (χ0) is 21.4. The van der Waals surface area contributed by atoms with Crippen molar-refractivity contribution in [3.63, 3.8) is 0 Å². The van der Waals surface area contributed by atoms with Gasteiger partial charge in [-0.1, -0.05) is 31.2 Å². The van der Waals surface area contributed by atoms with Crippen molar-refractivity contribution in [2.75, 3.05) is 15.6 Å². The van der Waals surface area contributed by atoms with E-state index in [0.29, 0.717) is 16.6 Å². The molecule has 2 aromatic carbocycles. The van der Waals surface area contributed by atoms with E-state index in [1.807, 2.05) is 62.4 Å². The maximum absolute atomic E-state index is 13.6. The van der Waals surface area contributed by atoms with Crippen molar-refractivity contribution >= 4 is 64.0 Å². The number of benzene rings is 2. The van der Waals surface area contributed by atoms with E-state index < -0.39 is 0 Å².